The second kappa shape index (κ2) is 8.83. The molecule has 0 spiro atoms. The van der Waals surface area contributed by atoms with Crippen LogP contribution in [-0.2, 0) is 4.79 Å². The number of carboxylic acids is 1. The molecule has 0 aliphatic heterocycles. The summed E-state index contributed by atoms with van der Waals surface area (Å²) in [5, 5.41) is 16.0. The predicted molar refractivity (Wildman–Crippen MR) is 48.9 cm³/mol. The average molecular weight is 191 g/mol. The SMILES string of the molecule is CCCCC(=O)O.CN(C)C(=O)O. The highest BCUT2D eigenvalue weighted by Gasteiger charge is 1.92. The van der Waals surface area contributed by atoms with E-state index >= 15 is 0 Å². The van der Waals surface area contributed by atoms with Crippen molar-refractivity contribution in [3.63, 3.8) is 0 Å². The summed E-state index contributed by atoms with van der Waals surface area (Å²) in [6, 6.07) is 0. The lowest BCUT2D eigenvalue weighted by Crippen LogP contribution is -2.18. The number of carbonyl (C=O) groups is 2. The zero-order chi connectivity index (χ0) is 10.9. The van der Waals surface area contributed by atoms with Crippen molar-refractivity contribution in [3.05, 3.63) is 0 Å². The van der Waals surface area contributed by atoms with Crippen molar-refractivity contribution in [3.8, 4) is 0 Å². The Kier molecular flexibility index (Phi) is 9.70. The van der Waals surface area contributed by atoms with Gasteiger partial charge in [-0.2, -0.15) is 0 Å². The molecular formula is C8H17NO4. The topological polar surface area (TPSA) is 77.8 Å². The van der Waals surface area contributed by atoms with Crippen LogP contribution in [0.1, 0.15) is 26.2 Å². The van der Waals surface area contributed by atoms with E-state index in [4.69, 9.17) is 10.2 Å². The van der Waals surface area contributed by atoms with Crippen LogP contribution in [0, 0.1) is 0 Å². The van der Waals surface area contributed by atoms with Gasteiger partial charge in [0.05, 0.1) is 0 Å². The average Bonchev–Trinajstić information content (AvgIpc) is 2.01. The molecule has 0 rings (SSSR count). The highest BCUT2D eigenvalue weighted by Crippen LogP contribution is 1.91. The summed E-state index contributed by atoms with van der Waals surface area (Å²) in [4.78, 5) is 20.5. The van der Waals surface area contributed by atoms with Gasteiger partial charge in [0.25, 0.3) is 0 Å². The van der Waals surface area contributed by atoms with E-state index in [0.717, 1.165) is 17.7 Å². The minimum absolute atomic E-state index is 0.316. The van der Waals surface area contributed by atoms with Crippen molar-refractivity contribution in [2.24, 2.45) is 0 Å². The summed E-state index contributed by atoms with van der Waals surface area (Å²) in [6.45, 7) is 1.98. The summed E-state index contributed by atoms with van der Waals surface area (Å²) >= 11 is 0. The summed E-state index contributed by atoms with van der Waals surface area (Å²) in [7, 11) is 2.95. The number of hydrogen-bond acceptors (Lipinski definition) is 2. The molecule has 1 amide bonds. The van der Waals surface area contributed by atoms with Gasteiger partial charge in [0.1, 0.15) is 0 Å². The first-order valence-corrected chi connectivity index (χ1v) is 4.03. The first kappa shape index (κ1) is 14.3. The number of amides is 1. The number of carboxylic acid groups (broad SMARTS) is 2. The van der Waals surface area contributed by atoms with E-state index in [1.165, 1.54) is 14.1 Å². The van der Waals surface area contributed by atoms with Crippen LogP contribution in [0.25, 0.3) is 0 Å². The molecule has 0 fully saturated rings. The zero-order valence-electron chi connectivity index (χ0n) is 8.28. The maximum Gasteiger partial charge on any atom is 0.406 e. The molecule has 0 atom stereocenters. The van der Waals surface area contributed by atoms with Gasteiger partial charge in [0.15, 0.2) is 0 Å². The van der Waals surface area contributed by atoms with E-state index < -0.39 is 12.1 Å². The molecule has 0 aliphatic rings. The quantitative estimate of drug-likeness (QED) is 0.708. The highest BCUT2D eigenvalue weighted by molar-refractivity contribution is 5.66. The van der Waals surface area contributed by atoms with Gasteiger partial charge < -0.3 is 15.1 Å². The van der Waals surface area contributed by atoms with Gasteiger partial charge in [-0.3, -0.25) is 4.79 Å². The molecule has 0 heterocycles. The molecule has 2 N–H and O–H groups in total. The largest absolute Gasteiger partial charge is 0.481 e. The van der Waals surface area contributed by atoms with Crippen molar-refractivity contribution >= 4 is 12.1 Å². The lowest BCUT2D eigenvalue weighted by molar-refractivity contribution is -0.137. The molecule has 0 aromatic heterocycles. The Morgan fingerprint density at radius 2 is 1.62 bits per heavy atom. The molecule has 0 radical (unpaired) electrons. The maximum absolute atomic E-state index is 9.76. The van der Waals surface area contributed by atoms with Gasteiger partial charge in [0.2, 0.25) is 0 Å². The van der Waals surface area contributed by atoms with Gasteiger partial charge in [0, 0.05) is 20.5 Å². The van der Waals surface area contributed by atoms with Crippen LogP contribution < -0.4 is 0 Å². The first-order valence-electron chi connectivity index (χ1n) is 4.03. The predicted octanol–water partition coefficient (Wildman–Crippen LogP) is 1.49. The van der Waals surface area contributed by atoms with Gasteiger partial charge in [-0.15, -0.1) is 0 Å². The van der Waals surface area contributed by atoms with Crippen molar-refractivity contribution in [2.45, 2.75) is 26.2 Å². The fraction of sp³-hybridized carbons (Fsp3) is 0.750. The van der Waals surface area contributed by atoms with E-state index in [-0.39, 0.29) is 0 Å². The number of unbranched alkanes of at least 4 members (excludes halogenated alkanes) is 1. The molecule has 0 aromatic carbocycles. The summed E-state index contributed by atoms with van der Waals surface area (Å²) < 4.78 is 0. The van der Waals surface area contributed by atoms with Crippen LogP contribution in [0.15, 0.2) is 0 Å². The van der Waals surface area contributed by atoms with Crippen molar-refractivity contribution in [1.82, 2.24) is 4.90 Å². The normalized spacial score (nSPS) is 8.23. The molecule has 0 bridgehead atoms. The molecule has 5 heteroatoms. The second-order valence-electron chi connectivity index (χ2n) is 2.67. The Morgan fingerprint density at radius 1 is 1.23 bits per heavy atom. The first-order chi connectivity index (χ1) is 5.91. The van der Waals surface area contributed by atoms with Crippen LogP contribution in [-0.4, -0.2) is 41.3 Å². The molecule has 0 unspecified atom stereocenters. The molecule has 0 aromatic rings. The minimum atomic E-state index is -0.907. The minimum Gasteiger partial charge on any atom is -0.481 e. The Hall–Kier alpha value is -1.26. The van der Waals surface area contributed by atoms with Crippen LogP contribution in [0.4, 0.5) is 4.79 Å². The van der Waals surface area contributed by atoms with Crippen molar-refractivity contribution in [2.75, 3.05) is 14.1 Å². The van der Waals surface area contributed by atoms with E-state index in [0.29, 0.717) is 6.42 Å². The Labute approximate surface area is 78.0 Å². The van der Waals surface area contributed by atoms with E-state index in [2.05, 4.69) is 0 Å². The molecule has 0 saturated carbocycles. The van der Waals surface area contributed by atoms with Gasteiger partial charge >= 0.3 is 12.1 Å². The molecular weight excluding hydrogens is 174 g/mol. The Morgan fingerprint density at radius 3 is 1.69 bits per heavy atom. The summed E-state index contributed by atoms with van der Waals surface area (Å²) in [6.07, 6.45) is 1.17. The van der Waals surface area contributed by atoms with E-state index in [9.17, 15) is 9.59 Å². The standard InChI is InChI=1S/C5H10O2.C3H7NO2/c1-2-3-4-5(6)7;1-4(2)3(5)6/h2-4H2,1H3,(H,6,7);1-2H3,(H,5,6). The Bertz CT molecular complexity index is 156. The molecule has 0 saturated heterocycles. The number of aliphatic carboxylic acids is 1. The number of rotatable bonds is 3. The number of hydrogen-bond donors (Lipinski definition) is 2. The van der Waals surface area contributed by atoms with E-state index in [1.807, 2.05) is 6.92 Å². The zero-order valence-corrected chi connectivity index (χ0v) is 8.28. The molecule has 78 valence electrons. The third-order valence-electron chi connectivity index (χ3n) is 1.13. The lowest BCUT2D eigenvalue weighted by Gasteiger charge is -1.99. The highest BCUT2D eigenvalue weighted by atomic mass is 16.4. The summed E-state index contributed by atoms with van der Waals surface area (Å²) in [5.41, 5.74) is 0. The fourth-order valence-corrected chi connectivity index (χ4v) is 0.328. The fourth-order valence-electron chi connectivity index (χ4n) is 0.328. The van der Waals surface area contributed by atoms with E-state index in [1.54, 1.807) is 0 Å². The van der Waals surface area contributed by atoms with Gasteiger partial charge in [-0.1, -0.05) is 13.3 Å². The monoisotopic (exact) mass is 191 g/mol. The van der Waals surface area contributed by atoms with Crippen molar-refractivity contribution in [1.29, 1.82) is 0 Å². The van der Waals surface area contributed by atoms with Crippen molar-refractivity contribution < 1.29 is 19.8 Å². The van der Waals surface area contributed by atoms with Crippen LogP contribution in [0.3, 0.4) is 0 Å². The second-order valence-corrected chi connectivity index (χ2v) is 2.67. The molecule has 0 aliphatic carbocycles. The van der Waals surface area contributed by atoms with Gasteiger partial charge in [-0.05, 0) is 6.42 Å². The maximum atomic E-state index is 9.76. The third-order valence-corrected chi connectivity index (χ3v) is 1.13. The lowest BCUT2D eigenvalue weighted by atomic mass is 10.3. The Balaban J connectivity index is 0. The third kappa shape index (κ3) is 18.1. The van der Waals surface area contributed by atoms with Crippen LogP contribution in [0.2, 0.25) is 0 Å². The molecule has 5 nitrogen and oxygen atoms in total. The van der Waals surface area contributed by atoms with Crippen LogP contribution in [0.5, 0.6) is 0 Å². The summed E-state index contributed by atoms with van der Waals surface area (Å²) in [5.74, 6) is -0.693. The van der Waals surface area contributed by atoms with Gasteiger partial charge in [-0.25, -0.2) is 4.79 Å². The number of nitrogens with zero attached hydrogens (tertiary/aromatic N) is 1. The smallest absolute Gasteiger partial charge is 0.406 e. The molecule has 13 heavy (non-hydrogen) atoms. The van der Waals surface area contributed by atoms with Crippen LogP contribution >= 0.6 is 0 Å².